The third-order valence-corrected chi connectivity index (χ3v) is 4.54. The molecule has 3 N–H and O–H groups in total. The minimum Gasteiger partial charge on any atom is -0.355 e. The van der Waals surface area contributed by atoms with Crippen LogP contribution in [0.3, 0.4) is 0 Å². The van der Waals surface area contributed by atoms with Gasteiger partial charge in [-0.3, -0.25) is 9.79 Å². The number of amides is 1. The summed E-state index contributed by atoms with van der Waals surface area (Å²) >= 11 is 11.8. The summed E-state index contributed by atoms with van der Waals surface area (Å²) in [5.74, 6) is 0.602. The van der Waals surface area contributed by atoms with Gasteiger partial charge in [0, 0.05) is 31.7 Å². The number of nitrogens with one attached hydrogen (secondary N) is 3. The van der Waals surface area contributed by atoms with Gasteiger partial charge in [-0.15, -0.1) is 0 Å². The third kappa shape index (κ3) is 5.59. The molecule has 1 aliphatic rings. The van der Waals surface area contributed by atoms with E-state index in [1.165, 1.54) is 25.7 Å². The van der Waals surface area contributed by atoms with Crippen molar-refractivity contribution >= 4 is 35.1 Å². The first-order valence-corrected chi connectivity index (χ1v) is 8.56. The number of guanidine groups is 1. The van der Waals surface area contributed by atoms with Gasteiger partial charge in [0.15, 0.2) is 5.96 Å². The van der Waals surface area contributed by atoms with Gasteiger partial charge >= 0.3 is 0 Å². The Kier molecular flexibility index (Phi) is 6.99. The van der Waals surface area contributed by atoms with Crippen LogP contribution in [0, 0.1) is 0 Å². The van der Waals surface area contributed by atoms with Crippen molar-refractivity contribution < 1.29 is 4.79 Å². The number of hydrogen-bond acceptors (Lipinski definition) is 2. The summed E-state index contributed by atoms with van der Waals surface area (Å²) in [4.78, 5) is 16.2. The van der Waals surface area contributed by atoms with E-state index >= 15 is 0 Å². The number of halogens is 2. The molecule has 7 heteroatoms. The van der Waals surface area contributed by atoms with Crippen molar-refractivity contribution in [3.63, 3.8) is 0 Å². The van der Waals surface area contributed by atoms with E-state index in [2.05, 4.69) is 20.9 Å². The quantitative estimate of drug-likeness (QED) is 0.431. The fraction of sp³-hybridized carbons (Fsp3) is 0.500. The number of nitrogens with zero attached hydrogens (tertiary/aromatic N) is 1. The lowest BCUT2D eigenvalue weighted by Gasteiger charge is -2.17. The molecule has 1 fully saturated rings. The lowest BCUT2D eigenvalue weighted by Crippen LogP contribution is -2.44. The first-order chi connectivity index (χ1) is 11.1. The molecular weight excluding hydrogens is 335 g/mol. The van der Waals surface area contributed by atoms with Crippen LogP contribution in [0.4, 0.5) is 0 Å². The molecule has 1 saturated carbocycles. The Labute approximate surface area is 146 Å². The van der Waals surface area contributed by atoms with Crippen molar-refractivity contribution in [3.8, 4) is 0 Å². The van der Waals surface area contributed by atoms with Gasteiger partial charge in [-0.25, -0.2) is 0 Å². The van der Waals surface area contributed by atoms with Crippen LogP contribution in [0.1, 0.15) is 36.0 Å². The second kappa shape index (κ2) is 8.99. The lowest BCUT2D eigenvalue weighted by molar-refractivity contribution is 0.0954. The summed E-state index contributed by atoms with van der Waals surface area (Å²) in [7, 11) is 1.75. The molecule has 1 amide bonds. The molecular formula is C16H22Cl2N4O. The van der Waals surface area contributed by atoms with Crippen LogP contribution in [0.15, 0.2) is 23.2 Å². The van der Waals surface area contributed by atoms with Crippen molar-refractivity contribution in [3.05, 3.63) is 33.8 Å². The molecule has 0 atom stereocenters. The topological polar surface area (TPSA) is 65.5 Å². The molecule has 0 spiro atoms. The van der Waals surface area contributed by atoms with Crippen molar-refractivity contribution in [2.45, 2.75) is 31.7 Å². The van der Waals surface area contributed by atoms with Crippen molar-refractivity contribution in [2.75, 3.05) is 20.1 Å². The number of carbonyl (C=O) groups excluding carboxylic acids is 1. The zero-order valence-corrected chi connectivity index (χ0v) is 14.7. The van der Waals surface area contributed by atoms with Crippen molar-refractivity contribution in [1.29, 1.82) is 0 Å². The summed E-state index contributed by atoms with van der Waals surface area (Å²) in [5.41, 5.74) is 0.493. The van der Waals surface area contributed by atoms with E-state index in [9.17, 15) is 4.79 Å². The Morgan fingerprint density at radius 2 is 1.87 bits per heavy atom. The summed E-state index contributed by atoms with van der Waals surface area (Å²) in [6.07, 6.45) is 4.92. The smallest absolute Gasteiger partial charge is 0.251 e. The normalized spacial score (nSPS) is 15.5. The lowest BCUT2D eigenvalue weighted by atomic mass is 10.2. The first-order valence-electron chi connectivity index (χ1n) is 7.80. The van der Waals surface area contributed by atoms with Crippen LogP contribution in [0.2, 0.25) is 10.0 Å². The van der Waals surface area contributed by atoms with Crippen LogP contribution < -0.4 is 16.0 Å². The predicted molar refractivity (Wildman–Crippen MR) is 95.5 cm³/mol. The highest BCUT2D eigenvalue weighted by atomic mass is 35.5. The number of carbonyl (C=O) groups is 1. The highest BCUT2D eigenvalue weighted by Crippen LogP contribution is 2.22. The number of hydrogen-bond donors (Lipinski definition) is 3. The van der Waals surface area contributed by atoms with Crippen molar-refractivity contribution in [1.82, 2.24) is 16.0 Å². The maximum absolute atomic E-state index is 12.0. The zero-order chi connectivity index (χ0) is 16.7. The number of rotatable bonds is 5. The SMILES string of the molecule is CN=C(NCCNC(=O)c1ccc(Cl)c(Cl)c1)NC1CCCC1. The Balaban J connectivity index is 1.71. The Morgan fingerprint density at radius 3 is 2.52 bits per heavy atom. The van der Waals surface area contributed by atoms with Gasteiger partial charge in [0.05, 0.1) is 10.0 Å². The molecule has 2 rings (SSSR count). The van der Waals surface area contributed by atoms with E-state index in [-0.39, 0.29) is 5.91 Å². The van der Waals surface area contributed by atoms with E-state index < -0.39 is 0 Å². The Morgan fingerprint density at radius 1 is 1.17 bits per heavy atom. The highest BCUT2D eigenvalue weighted by molar-refractivity contribution is 6.42. The maximum Gasteiger partial charge on any atom is 0.251 e. The molecule has 5 nitrogen and oxygen atoms in total. The second-order valence-corrected chi connectivity index (χ2v) is 6.32. The Hall–Kier alpha value is -1.46. The van der Waals surface area contributed by atoms with E-state index in [1.807, 2.05) is 0 Å². The molecule has 0 radical (unpaired) electrons. The van der Waals surface area contributed by atoms with Gasteiger partial charge in [-0.2, -0.15) is 0 Å². The van der Waals surface area contributed by atoms with Gasteiger partial charge < -0.3 is 16.0 Å². The van der Waals surface area contributed by atoms with Gasteiger partial charge in [0.25, 0.3) is 5.91 Å². The van der Waals surface area contributed by atoms with Crippen LogP contribution in [0.5, 0.6) is 0 Å². The summed E-state index contributed by atoms with van der Waals surface area (Å²) in [5, 5.41) is 10.2. The molecule has 0 heterocycles. The molecule has 1 aromatic carbocycles. The maximum atomic E-state index is 12.0. The molecule has 0 unspecified atom stereocenters. The minimum absolute atomic E-state index is 0.177. The average Bonchev–Trinajstić information content (AvgIpc) is 3.05. The predicted octanol–water partition coefficient (Wildman–Crippen LogP) is 2.83. The monoisotopic (exact) mass is 356 g/mol. The molecule has 1 aromatic rings. The van der Waals surface area contributed by atoms with E-state index in [1.54, 1.807) is 25.2 Å². The molecule has 23 heavy (non-hydrogen) atoms. The van der Waals surface area contributed by atoms with Gasteiger partial charge in [-0.05, 0) is 31.0 Å². The van der Waals surface area contributed by atoms with Crippen LogP contribution in [-0.2, 0) is 0 Å². The molecule has 0 aromatic heterocycles. The highest BCUT2D eigenvalue weighted by Gasteiger charge is 2.15. The zero-order valence-electron chi connectivity index (χ0n) is 13.2. The molecule has 0 saturated heterocycles. The molecule has 126 valence electrons. The van der Waals surface area contributed by atoms with E-state index in [0.29, 0.717) is 34.7 Å². The second-order valence-electron chi connectivity index (χ2n) is 5.51. The fourth-order valence-corrected chi connectivity index (χ4v) is 2.85. The standard InChI is InChI=1S/C16H22Cl2N4O/c1-19-16(22-12-4-2-3-5-12)21-9-8-20-15(23)11-6-7-13(17)14(18)10-11/h6-7,10,12H,2-5,8-9H2,1H3,(H,20,23)(H2,19,21,22). The van der Waals surface area contributed by atoms with E-state index in [0.717, 1.165) is 5.96 Å². The van der Waals surface area contributed by atoms with E-state index in [4.69, 9.17) is 23.2 Å². The van der Waals surface area contributed by atoms with Gasteiger partial charge in [0.1, 0.15) is 0 Å². The molecule has 1 aliphatic carbocycles. The van der Waals surface area contributed by atoms with Crippen molar-refractivity contribution in [2.24, 2.45) is 4.99 Å². The summed E-state index contributed by atoms with van der Waals surface area (Å²) < 4.78 is 0. The van der Waals surface area contributed by atoms with Crippen LogP contribution in [0.25, 0.3) is 0 Å². The largest absolute Gasteiger partial charge is 0.355 e. The molecule has 0 aliphatic heterocycles. The Bertz CT molecular complexity index is 571. The van der Waals surface area contributed by atoms with Gasteiger partial charge in [-0.1, -0.05) is 36.0 Å². The number of aliphatic imine (C=N–C) groups is 1. The third-order valence-electron chi connectivity index (χ3n) is 3.80. The van der Waals surface area contributed by atoms with Gasteiger partial charge in [0.2, 0.25) is 0 Å². The number of benzene rings is 1. The average molecular weight is 357 g/mol. The van der Waals surface area contributed by atoms with Crippen LogP contribution in [-0.4, -0.2) is 38.0 Å². The summed E-state index contributed by atoms with van der Waals surface area (Å²) in [6, 6.07) is 5.34. The summed E-state index contributed by atoms with van der Waals surface area (Å²) in [6.45, 7) is 1.09. The fourth-order valence-electron chi connectivity index (χ4n) is 2.55. The molecule has 0 bridgehead atoms. The first kappa shape index (κ1) is 17.9. The minimum atomic E-state index is -0.177. The van der Waals surface area contributed by atoms with Crippen LogP contribution >= 0.6 is 23.2 Å².